The second kappa shape index (κ2) is 5.81. The van der Waals surface area contributed by atoms with Crippen molar-refractivity contribution in [2.75, 3.05) is 0 Å². The van der Waals surface area contributed by atoms with Crippen molar-refractivity contribution in [3.63, 3.8) is 0 Å². The predicted molar refractivity (Wildman–Crippen MR) is 85.4 cm³/mol. The van der Waals surface area contributed by atoms with Gasteiger partial charge in [0.15, 0.2) is 0 Å². The molecule has 102 valence electrons. The molecule has 0 aliphatic carbocycles. The molecule has 3 rings (SSSR count). The number of hydrogen-bond donors (Lipinski definition) is 0. The fourth-order valence-electron chi connectivity index (χ4n) is 2.23. The second-order valence-electron chi connectivity index (χ2n) is 4.70. The summed E-state index contributed by atoms with van der Waals surface area (Å²) in [4.78, 5) is 5.48. The summed E-state index contributed by atoms with van der Waals surface area (Å²) in [6, 6.07) is 10.5. The minimum Gasteiger partial charge on any atom is -0.335 e. The molecule has 0 bridgehead atoms. The summed E-state index contributed by atoms with van der Waals surface area (Å²) in [5, 5.41) is 2.92. The van der Waals surface area contributed by atoms with Crippen LogP contribution in [0.3, 0.4) is 0 Å². The molecule has 0 radical (unpaired) electrons. The number of hydrogen-bond acceptors (Lipinski definition) is 2. The van der Waals surface area contributed by atoms with E-state index in [0.717, 1.165) is 23.8 Å². The molecule has 0 saturated heterocycles. The first-order valence-corrected chi connectivity index (χ1v) is 7.80. The van der Waals surface area contributed by atoms with Gasteiger partial charge in [-0.2, -0.15) is 0 Å². The maximum absolute atomic E-state index is 6.41. The molecule has 0 fully saturated rings. The number of thiophene rings is 1. The first-order valence-electron chi connectivity index (χ1n) is 6.54. The standard InChI is InChI=1S/C16H15ClN2S/c1-12-18-7-9-19(12)8-6-13-4-5-14(11-15(13)17)16-3-2-10-20-16/h2-5,7,9-11H,6,8H2,1H3. The third-order valence-electron chi connectivity index (χ3n) is 3.40. The number of nitrogens with zero attached hydrogens (tertiary/aromatic N) is 2. The van der Waals surface area contributed by atoms with Gasteiger partial charge in [-0.15, -0.1) is 11.3 Å². The largest absolute Gasteiger partial charge is 0.335 e. The minimum atomic E-state index is 0.841. The Morgan fingerprint density at radius 2 is 2.20 bits per heavy atom. The Morgan fingerprint density at radius 1 is 1.30 bits per heavy atom. The Labute approximate surface area is 127 Å². The van der Waals surface area contributed by atoms with Gasteiger partial charge in [0.2, 0.25) is 0 Å². The summed E-state index contributed by atoms with van der Waals surface area (Å²) in [7, 11) is 0. The molecule has 0 aliphatic heterocycles. The highest BCUT2D eigenvalue weighted by Crippen LogP contribution is 2.29. The lowest BCUT2D eigenvalue weighted by Gasteiger charge is -2.08. The third-order valence-corrected chi connectivity index (χ3v) is 4.68. The molecule has 1 aromatic carbocycles. The SMILES string of the molecule is Cc1nccn1CCc1ccc(-c2cccs2)cc1Cl. The van der Waals surface area contributed by atoms with Crippen LogP contribution in [-0.4, -0.2) is 9.55 Å². The van der Waals surface area contributed by atoms with Crippen molar-refractivity contribution in [3.05, 3.63) is 64.5 Å². The highest BCUT2D eigenvalue weighted by molar-refractivity contribution is 7.13. The average Bonchev–Trinajstić information content (AvgIpc) is 3.09. The highest BCUT2D eigenvalue weighted by Gasteiger charge is 2.05. The number of halogens is 1. The fraction of sp³-hybridized carbons (Fsp3) is 0.188. The number of aryl methyl sites for hydroxylation is 3. The van der Waals surface area contributed by atoms with Crippen LogP contribution in [0.15, 0.2) is 48.1 Å². The molecule has 3 aromatic rings. The molecule has 0 amide bonds. The van der Waals surface area contributed by atoms with E-state index in [1.165, 1.54) is 16.0 Å². The quantitative estimate of drug-likeness (QED) is 0.676. The van der Waals surface area contributed by atoms with Crippen LogP contribution in [0, 0.1) is 6.92 Å². The van der Waals surface area contributed by atoms with Gasteiger partial charge in [0.25, 0.3) is 0 Å². The van der Waals surface area contributed by atoms with Gasteiger partial charge in [-0.1, -0.05) is 29.8 Å². The summed E-state index contributed by atoms with van der Waals surface area (Å²) in [6.07, 6.45) is 4.75. The Morgan fingerprint density at radius 3 is 2.85 bits per heavy atom. The summed E-state index contributed by atoms with van der Waals surface area (Å²) in [6.45, 7) is 2.92. The topological polar surface area (TPSA) is 17.8 Å². The smallest absolute Gasteiger partial charge is 0.105 e. The van der Waals surface area contributed by atoms with Crippen molar-refractivity contribution in [3.8, 4) is 10.4 Å². The second-order valence-corrected chi connectivity index (χ2v) is 6.06. The van der Waals surface area contributed by atoms with Crippen molar-refractivity contribution < 1.29 is 0 Å². The van der Waals surface area contributed by atoms with Crippen molar-refractivity contribution >= 4 is 22.9 Å². The van der Waals surface area contributed by atoms with Crippen LogP contribution in [0.1, 0.15) is 11.4 Å². The monoisotopic (exact) mass is 302 g/mol. The van der Waals surface area contributed by atoms with E-state index in [0.29, 0.717) is 0 Å². The number of aromatic nitrogens is 2. The van der Waals surface area contributed by atoms with Gasteiger partial charge in [0.05, 0.1) is 0 Å². The normalized spacial score (nSPS) is 10.9. The predicted octanol–water partition coefficient (Wildman–Crippen LogP) is 4.82. The molecule has 0 atom stereocenters. The van der Waals surface area contributed by atoms with Gasteiger partial charge in [0.1, 0.15) is 5.82 Å². The van der Waals surface area contributed by atoms with Gasteiger partial charge in [-0.05, 0) is 42.0 Å². The Bertz CT molecular complexity index is 701. The van der Waals surface area contributed by atoms with Crippen molar-refractivity contribution in [2.24, 2.45) is 0 Å². The summed E-state index contributed by atoms with van der Waals surface area (Å²) >= 11 is 8.14. The van der Waals surface area contributed by atoms with Crippen LogP contribution in [0.25, 0.3) is 10.4 Å². The molecule has 0 unspecified atom stereocenters. The molecule has 0 saturated carbocycles. The van der Waals surface area contributed by atoms with E-state index >= 15 is 0 Å². The highest BCUT2D eigenvalue weighted by atomic mass is 35.5. The maximum Gasteiger partial charge on any atom is 0.105 e. The summed E-state index contributed by atoms with van der Waals surface area (Å²) < 4.78 is 2.14. The zero-order chi connectivity index (χ0) is 13.9. The first-order chi connectivity index (χ1) is 9.74. The molecule has 2 heterocycles. The molecule has 2 nitrogen and oxygen atoms in total. The van der Waals surface area contributed by atoms with Crippen molar-refractivity contribution in [2.45, 2.75) is 19.9 Å². The zero-order valence-corrected chi connectivity index (χ0v) is 12.8. The molecular formula is C16H15ClN2S. The van der Waals surface area contributed by atoms with Gasteiger partial charge in [0, 0.05) is 28.8 Å². The molecule has 20 heavy (non-hydrogen) atoms. The lowest BCUT2D eigenvalue weighted by atomic mass is 10.1. The average molecular weight is 303 g/mol. The van der Waals surface area contributed by atoms with Gasteiger partial charge >= 0.3 is 0 Å². The van der Waals surface area contributed by atoms with E-state index in [2.05, 4.69) is 45.3 Å². The maximum atomic E-state index is 6.41. The van der Waals surface area contributed by atoms with Gasteiger partial charge in [-0.25, -0.2) is 4.98 Å². The number of imidazole rings is 1. The molecule has 0 spiro atoms. The number of benzene rings is 1. The fourth-order valence-corrected chi connectivity index (χ4v) is 3.23. The molecule has 0 N–H and O–H groups in total. The van der Waals surface area contributed by atoms with Crippen LogP contribution in [0.4, 0.5) is 0 Å². The molecule has 0 aliphatic rings. The zero-order valence-electron chi connectivity index (χ0n) is 11.2. The van der Waals surface area contributed by atoms with Crippen molar-refractivity contribution in [1.82, 2.24) is 9.55 Å². The van der Waals surface area contributed by atoms with E-state index in [1.807, 2.05) is 19.3 Å². The lowest BCUT2D eigenvalue weighted by Crippen LogP contribution is -2.02. The molecule has 2 aromatic heterocycles. The van der Waals surface area contributed by atoms with E-state index in [4.69, 9.17) is 11.6 Å². The van der Waals surface area contributed by atoms with Crippen molar-refractivity contribution in [1.29, 1.82) is 0 Å². The Hall–Kier alpha value is -1.58. The number of rotatable bonds is 4. The van der Waals surface area contributed by atoms with Crippen LogP contribution < -0.4 is 0 Å². The van der Waals surface area contributed by atoms with Crippen LogP contribution in [0.2, 0.25) is 5.02 Å². The van der Waals surface area contributed by atoms with E-state index in [9.17, 15) is 0 Å². The van der Waals surface area contributed by atoms with Gasteiger partial charge < -0.3 is 4.57 Å². The van der Waals surface area contributed by atoms with Gasteiger partial charge in [-0.3, -0.25) is 0 Å². The lowest BCUT2D eigenvalue weighted by molar-refractivity contribution is 0.673. The van der Waals surface area contributed by atoms with Crippen LogP contribution in [-0.2, 0) is 13.0 Å². The summed E-state index contributed by atoms with van der Waals surface area (Å²) in [5.74, 6) is 1.04. The Balaban J connectivity index is 1.76. The third kappa shape index (κ3) is 2.79. The van der Waals surface area contributed by atoms with E-state index in [-0.39, 0.29) is 0 Å². The van der Waals surface area contributed by atoms with E-state index in [1.54, 1.807) is 11.3 Å². The first kappa shape index (κ1) is 13.4. The van der Waals surface area contributed by atoms with Crippen LogP contribution in [0.5, 0.6) is 0 Å². The van der Waals surface area contributed by atoms with Crippen LogP contribution >= 0.6 is 22.9 Å². The Kier molecular flexibility index (Phi) is 3.90. The van der Waals surface area contributed by atoms with E-state index < -0.39 is 0 Å². The minimum absolute atomic E-state index is 0.841. The molecular weight excluding hydrogens is 288 g/mol. The summed E-state index contributed by atoms with van der Waals surface area (Å²) in [5.41, 5.74) is 2.37. The molecule has 4 heteroatoms.